The summed E-state index contributed by atoms with van der Waals surface area (Å²) >= 11 is 0. The molecule has 1 saturated carbocycles. The molecule has 0 radical (unpaired) electrons. The van der Waals surface area contributed by atoms with Gasteiger partial charge in [-0.1, -0.05) is 6.42 Å². The highest BCUT2D eigenvalue weighted by molar-refractivity contribution is 5.94. The van der Waals surface area contributed by atoms with Gasteiger partial charge in [-0.05, 0) is 37.8 Å². The van der Waals surface area contributed by atoms with Crippen LogP contribution in [0.5, 0.6) is 5.75 Å². The number of aromatic amines is 1. The molecule has 1 N–H and O–H groups in total. The van der Waals surface area contributed by atoms with Gasteiger partial charge in [0.25, 0.3) is 0 Å². The fourth-order valence-corrected chi connectivity index (χ4v) is 2.60. The molecule has 1 aliphatic carbocycles. The lowest BCUT2D eigenvalue weighted by atomic mass is 9.98. The third-order valence-corrected chi connectivity index (χ3v) is 3.64. The van der Waals surface area contributed by atoms with E-state index < -0.39 is 0 Å². The highest BCUT2D eigenvalue weighted by Gasteiger charge is 2.15. The molecule has 0 spiro atoms. The lowest BCUT2D eigenvalue weighted by Crippen LogP contribution is -2.19. The number of ketones is 1. The highest BCUT2D eigenvalue weighted by Crippen LogP contribution is 2.25. The van der Waals surface area contributed by atoms with E-state index in [1.807, 2.05) is 18.2 Å². The fraction of sp³-hybridized carbons (Fsp3) is 0.467. The molecule has 100 valence electrons. The zero-order valence-electron chi connectivity index (χ0n) is 11.1. The summed E-state index contributed by atoms with van der Waals surface area (Å²) in [5.41, 5.74) is 1.67. The molecule has 1 aromatic carbocycles. The number of imidazole rings is 1. The Balaban J connectivity index is 1.82. The number of aromatic nitrogens is 2. The second kappa shape index (κ2) is 5.03. The molecule has 1 fully saturated rings. The lowest BCUT2D eigenvalue weighted by molar-refractivity contribution is 0.100. The predicted molar refractivity (Wildman–Crippen MR) is 73.6 cm³/mol. The Labute approximate surface area is 112 Å². The van der Waals surface area contributed by atoms with Crippen molar-refractivity contribution in [3.63, 3.8) is 0 Å². The van der Waals surface area contributed by atoms with Crippen LogP contribution in [-0.4, -0.2) is 21.9 Å². The average molecular weight is 258 g/mol. The van der Waals surface area contributed by atoms with E-state index in [0.717, 1.165) is 29.6 Å². The number of nitrogens with zero attached hydrogens (tertiary/aromatic N) is 1. The third kappa shape index (κ3) is 2.62. The molecule has 3 rings (SSSR count). The van der Waals surface area contributed by atoms with Crippen LogP contribution in [0.25, 0.3) is 11.0 Å². The summed E-state index contributed by atoms with van der Waals surface area (Å²) in [6, 6.07) is 5.77. The van der Waals surface area contributed by atoms with Crippen LogP contribution in [0.3, 0.4) is 0 Å². The van der Waals surface area contributed by atoms with Gasteiger partial charge >= 0.3 is 0 Å². The van der Waals surface area contributed by atoms with Gasteiger partial charge in [-0.25, -0.2) is 4.98 Å². The lowest BCUT2D eigenvalue weighted by Gasteiger charge is -2.22. The van der Waals surface area contributed by atoms with Crippen LogP contribution in [0.2, 0.25) is 0 Å². The number of nitrogens with one attached hydrogen (secondary N) is 1. The molecule has 0 bridgehead atoms. The van der Waals surface area contributed by atoms with E-state index in [4.69, 9.17) is 4.74 Å². The number of hydrogen-bond acceptors (Lipinski definition) is 3. The van der Waals surface area contributed by atoms with Crippen molar-refractivity contribution in [3.05, 3.63) is 24.0 Å². The van der Waals surface area contributed by atoms with Crippen molar-refractivity contribution in [1.82, 2.24) is 9.97 Å². The van der Waals surface area contributed by atoms with Crippen molar-refractivity contribution in [3.8, 4) is 5.75 Å². The highest BCUT2D eigenvalue weighted by atomic mass is 16.5. The number of H-pyrrole nitrogens is 1. The van der Waals surface area contributed by atoms with Gasteiger partial charge in [-0.2, -0.15) is 0 Å². The molecule has 4 heteroatoms. The summed E-state index contributed by atoms with van der Waals surface area (Å²) in [5, 5.41) is 0. The molecule has 0 amide bonds. The molecule has 1 aliphatic rings. The minimum atomic E-state index is -0.0500. The molecule has 0 saturated heterocycles. The summed E-state index contributed by atoms with van der Waals surface area (Å²) in [6.07, 6.45) is 6.44. The molecule has 1 heterocycles. The molecule has 2 aromatic rings. The first-order valence-electron chi connectivity index (χ1n) is 6.90. The molecular formula is C15H18N2O2. The zero-order valence-corrected chi connectivity index (χ0v) is 11.1. The summed E-state index contributed by atoms with van der Waals surface area (Å²) in [4.78, 5) is 18.6. The first kappa shape index (κ1) is 12.2. The van der Waals surface area contributed by atoms with E-state index in [0.29, 0.717) is 11.9 Å². The number of rotatable bonds is 3. The number of ether oxygens (including phenoxy) is 1. The van der Waals surface area contributed by atoms with Crippen molar-refractivity contribution in [2.45, 2.75) is 45.1 Å². The third-order valence-electron chi connectivity index (χ3n) is 3.64. The van der Waals surface area contributed by atoms with Gasteiger partial charge in [0, 0.05) is 13.0 Å². The van der Waals surface area contributed by atoms with Crippen LogP contribution < -0.4 is 4.74 Å². The number of carbonyl (C=O) groups is 1. The van der Waals surface area contributed by atoms with E-state index >= 15 is 0 Å². The predicted octanol–water partition coefficient (Wildman–Crippen LogP) is 3.48. The van der Waals surface area contributed by atoms with Crippen molar-refractivity contribution < 1.29 is 9.53 Å². The van der Waals surface area contributed by atoms with Crippen molar-refractivity contribution in [2.75, 3.05) is 0 Å². The second-order valence-corrected chi connectivity index (χ2v) is 5.20. The van der Waals surface area contributed by atoms with Crippen LogP contribution in [0.1, 0.15) is 49.6 Å². The molecule has 0 unspecified atom stereocenters. The molecule has 1 aromatic heterocycles. The summed E-state index contributed by atoms with van der Waals surface area (Å²) in [5.74, 6) is 1.22. The minimum Gasteiger partial charge on any atom is -0.490 e. The maximum absolute atomic E-state index is 11.3. The normalized spacial score (nSPS) is 16.7. The Kier molecular flexibility index (Phi) is 3.23. The van der Waals surface area contributed by atoms with E-state index in [1.165, 1.54) is 26.2 Å². The second-order valence-electron chi connectivity index (χ2n) is 5.20. The van der Waals surface area contributed by atoms with Crippen LogP contribution in [0, 0.1) is 0 Å². The van der Waals surface area contributed by atoms with Crippen LogP contribution >= 0.6 is 0 Å². The largest absolute Gasteiger partial charge is 0.490 e. The number of benzene rings is 1. The Morgan fingerprint density at radius 1 is 1.32 bits per heavy atom. The molecule has 0 atom stereocenters. The quantitative estimate of drug-likeness (QED) is 0.857. The molecule has 4 nitrogen and oxygen atoms in total. The van der Waals surface area contributed by atoms with Gasteiger partial charge in [0.1, 0.15) is 5.75 Å². The van der Waals surface area contributed by atoms with Crippen molar-refractivity contribution in [1.29, 1.82) is 0 Å². The standard InChI is InChI=1S/C15H18N2O2/c1-10(18)15-16-13-8-7-12(9-14(13)17-15)19-11-5-3-2-4-6-11/h7-9,11H,2-6H2,1H3,(H,16,17). The van der Waals surface area contributed by atoms with E-state index in [1.54, 1.807) is 0 Å². The first-order valence-corrected chi connectivity index (χ1v) is 6.90. The van der Waals surface area contributed by atoms with Gasteiger partial charge in [-0.3, -0.25) is 4.79 Å². The Morgan fingerprint density at radius 3 is 2.84 bits per heavy atom. The minimum absolute atomic E-state index is 0.0500. The van der Waals surface area contributed by atoms with Gasteiger partial charge in [0.2, 0.25) is 0 Å². The SMILES string of the molecule is CC(=O)c1nc2ccc(OC3CCCCC3)cc2[nH]1. The Hall–Kier alpha value is -1.84. The monoisotopic (exact) mass is 258 g/mol. The molecule has 0 aliphatic heterocycles. The molecule has 19 heavy (non-hydrogen) atoms. The summed E-state index contributed by atoms with van der Waals surface area (Å²) < 4.78 is 6.00. The van der Waals surface area contributed by atoms with Crippen molar-refractivity contribution >= 4 is 16.8 Å². The van der Waals surface area contributed by atoms with Crippen LogP contribution in [0.4, 0.5) is 0 Å². The number of carbonyl (C=O) groups excluding carboxylic acids is 1. The number of hydrogen-bond donors (Lipinski definition) is 1. The smallest absolute Gasteiger partial charge is 0.195 e. The first-order chi connectivity index (χ1) is 9.22. The van der Waals surface area contributed by atoms with E-state index in [9.17, 15) is 4.79 Å². The van der Waals surface area contributed by atoms with Crippen LogP contribution in [-0.2, 0) is 0 Å². The average Bonchev–Trinajstić information content (AvgIpc) is 2.83. The van der Waals surface area contributed by atoms with E-state index in [2.05, 4.69) is 9.97 Å². The summed E-state index contributed by atoms with van der Waals surface area (Å²) in [6.45, 7) is 1.51. The van der Waals surface area contributed by atoms with Gasteiger partial charge in [0.05, 0.1) is 17.1 Å². The number of Topliss-reactive ketones (excluding diaryl/α,β-unsaturated/α-hetero) is 1. The molecular weight excluding hydrogens is 240 g/mol. The van der Waals surface area contributed by atoms with Gasteiger partial charge in [0.15, 0.2) is 11.6 Å². The topological polar surface area (TPSA) is 55.0 Å². The van der Waals surface area contributed by atoms with Crippen molar-refractivity contribution in [2.24, 2.45) is 0 Å². The van der Waals surface area contributed by atoms with Gasteiger partial charge in [-0.15, -0.1) is 0 Å². The fourth-order valence-electron chi connectivity index (χ4n) is 2.60. The Bertz CT molecular complexity index is 597. The van der Waals surface area contributed by atoms with Crippen LogP contribution in [0.15, 0.2) is 18.2 Å². The van der Waals surface area contributed by atoms with Gasteiger partial charge < -0.3 is 9.72 Å². The van der Waals surface area contributed by atoms with E-state index in [-0.39, 0.29) is 5.78 Å². The zero-order chi connectivity index (χ0) is 13.2. The maximum atomic E-state index is 11.3. The maximum Gasteiger partial charge on any atom is 0.195 e. The number of fused-ring (bicyclic) bond motifs is 1. The summed E-state index contributed by atoms with van der Waals surface area (Å²) in [7, 11) is 0. The Morgan fingerprint density at radius 2 is 2.11 bits per heavy atom.